The van der Waals surface area contributed by atoms with Crippen LogP contribution in [0.25, 0.3) is 0 Å². The Kier molecular flexibility index (Phi) is 5.50. The number of benzene rings is 1. The SMILES string of the molecule is COC(=O)CCn1c(C)cc(C(=O)CN2C(=O)c3cccc([N+](=O)[O-])c3C2=O)c1C. The number of nitrogens with zero attached hydrogens (tertiary/aromatic N) is 3. The van der Waals surface area contributed by atoms with E-state index < -0.39 is 34.8 Å². The average Bonchev–Trinajstić information content (AvgIpc) is 3.14. The van der Waals surface area contributed by atoms with Crippen LogP contribution in [-0.2, 0) is 16.1 Å². The summed E-state index contributed by atoms with van der Waals surface area (Å²) in [6, 6.07) is 5.41. The second kappa shape index (κ2) is 7.90. The van der Waals surface area contributed by atoms with E-state index in [1.165, 1.54) is 19.2 Å². The number of hydrogen-bond acceptors (Lipinski definition) is 7. The van der Waals surface area contributed by atoms with E-state index in [4.69, 9.17) is 0 Å². The maximum absolute atomic E-state index is 12.9. The minimum absolute atomic E-state index is 0.0921. The third kappa shape index (κ3) is 3.47. The summed E-state index contributed by atoms with van der Waals surface area (Å²) < 4.78 is 6.40. The molecule has 0 unspecified atom stereocenters. The molecule has 2 aromatic rings. The van der Waals surface area contributed by atoms with Gasteiger partial charge in [-0.2, -0.15) is 0 Å². The van der Waals surface area contributed by atoms with Crippen molar-refractivity contribution in [3.05, 3.63) is 62.5 Å². The lowest BCUT2D eigenvalue weighted by atomic mass is 10.1. The molecule has 0 saturated carbocycles. The number of Topliss-reactive ketones (excluding diaryl/α,β-unsaturated/α-hetero) is 1. The molecule has 1 aromatic carbocycles. The van der Waals surface area contributed by atoms with Crippen molar-refractivity contribution in [3.63, 3.8) is 0 Å². The molecule has 10 heteroatoms. The van der Waals surface area contributed by atoms with Crippen molar-refractivity contribution in [3.8, 4) is 0 Å². The quantitative estimate of drug-likeness (QED) is 0.223. The van der Waals surface area contributed by atoms with Crippen LogP contribution in [0.4, 0.5) is 5.69 Å². The van der Waals surface area contributed by atoms with Crippen LogP contribution in [0, 0.1) is 24.0 Å². The van der Waals surface area contributed by atoms with Crippen molar-refractivity contribution in [2.75, 3.05) is 13.7 Å². The summed E-state index contributed by atoms with van der Waals surface area (Å²) >= 11 is 0. The normalized spacial score (nSPS) is 12.8. The molecule has 156 valence electrons. The monoisotopic (exact) mass is 413 g/mol. The molecule has 3 rings (SSSR count). The van der Waals surface area contributed by atoms with Gasteiger partial charge in [0, 0.05) is 29.6 Å². The Labute approximate surface area is 171 Å². The maximum Gasteiger partial charge on any atom is 0.307 e. The first-order valence-electron chi connectivity index (χ1n) is 9.07. The van der Waals surface area contributed by atoms with Crippen molar-refractivity contribution in [1.29, 1.82) is 0 Å². The molecule has 0 fully saturated rings. The molecule has 0 aliphatic carbocycles. The van der Waals surface area contributed by atoms with Gasteiger partial charge in [0.05, 0.1) is 30.6 Å². The number of carbonyl (C=O) groups is 4. The zero-order chi connectivity index (χ0) is 22.2. The van der Waals surface area contributed by atoms with Crippen molar-refractivity contribution < 1.29 is 28.8 Å². The fourth-order valence-electron chi connectivity index (χ4n) is 3.57. The summed E-state index contributed by atoms with van der Waals surface area (Å²) in [6.45, 7) is 3.25. The van der Waals surface area contributed by atoms with E-state index in [2.05, 4.69) is 4.74 Å². The molecule has 0 spiro atoms. The summed E-state index contributed by atoms with van der Waals surface area (Å²) in [5.41, 5.74) is 0.765. The predicted molar refractivity (Wildman–Crippen MR) is 103 cm³/mol. The van der Waals surface area contributed by atoms with E-state index in [1.807, 2.05) is 0 Å². The highest BCUT2D eigenvalue weighted by Gasteiger charge is 2.41. The number of aromatic nitrogens is 1. The van der Waals surface area contributed by atoms with Crippen LogP contribution in [-0.4, -0.2) is 51.6 Å². The number of hydrogen-bond donors (Lipinski definition) is 0. The van der Waals surface area contributed by atoms with Gasteiger partial charge in [-0.15, -0.1) is 0 Å². The highest BCUT2D eigenvalue weighted by Crippen LogP contribution is 2.31. The fourth-order valence-corrected chi connectivity index (χ4v) is 3.57. The van der Waals surface area contributed by atoms with Crippen LogP contribution in [0.1, 0.15) is 48.9 Å². The van der Waals surface area contributed by atoms with E-state index in [9.17, 15) is 29.3 Å². The zero-order valence-electron chi connectivity index (χ0n) is 16.6. The minimum Gasteiger partial charge on any atom is -0.469 e. The van der Waals surface area contributed by atoms with Crippen LogP contribution in [0.5, 0.6) is 0 Å². The molecule has 1 aromatic heterocycles. The third-order valence-corrected chi connectivity index (χ3v) is 5.12. The van der Waals surface area contributed by atoms with E-state index in [1.54, 1.807) is 24.5 Å². The van der Waals surface area contributed by atoms with Gasteiger partial charge in [-0.1, -0.05) is 6.07 Å². The van der Waals surface area contributed by atoms with Crippen LogP contribution in [0.15, 0.2) is 24.3 Å². The number of nitro groups is 1. The smallest absolute Gasteiger partial charge is 0.307 e. The Morgan fingerprint density at radius 1 is 1.17 bits per heavy atom. The molecule has 2 amide bonds. The van der Waals surface area contributed by atoms with Crippen molar-refractivity contribution in [1.82, 2.24) is 9.47 Å². The number of esters is 1. The van der Waals surface area contributed by atoms with Gasteiger partial charge in [0.1, 0.15) is 5.56 Å². The summed E-state index contributed by atoms with van der Waals surface area (Å²) in [7, 11) is 1.29. The van der Waals surface area contributed by atoms with Gasteiger partial charge in [0.15, 0.2) is 5.78 Å². The third-order valence-electron chi connectivity index (χ3n) is 5.12. The van der Waals surface area contributed by atoms with Crippen LogP contribution < -0.4 is 0 Å². The van der Waals surface area contributed by atoms with Crippen molar-refractivity contribution >= 4 is 29.3 Å². The summed E-state index contributed by atoms with van der Waals surface area (Å²) in [6.07, 6.45) is 0.128. The molecule has 2 heterocycles. The molecule has 10 nitrogen and oxygen atoms in total. The fraction of sp³-hybridized carbons (Fsp3) is 0.300. The highest BCUT2D eigenvalue weighted by atomic mass is 16.6. The topological polar surface area (TPSA) is 129 Å². The lowest BCUT2D eigenvalue weighted by Crippen LogP contribution is -2.35. The van der Waals surface area contributed by atoms with Crippen molar-refractivity contribution in [2.24, 2.45) is 0 Å². The van der Waals surface area contributed by atoms with E-state index in [0.29, 0.717) is 17.8 Å². The number of imide groups is 1. The molecule has 0 N–H and O–H groups in total. The largest absolute Gasteiger partial charge is 0.469 e. The van der Waals surface area contributed by atoms with Crippen LogP contribution in [0.3, 0.4) is 0 Å². The van der Waals surface area contributed by atoms with Gasteiger partial charge in [0.25, 0.3) is 17.5 Å². The molecule has 0 atom stereocenters. The van der Waals surface area contributed by atoms with E-state index in [-0.39, 0.29) is 23.5 Å². The molecule has 1 aliphatic rings. The van der Waals surface area contributed by atoms with E-state index in [0.717, 1.165) is 16.7 Å². The minimum atomic E-state index is -0.866. The number of amides is 2. The Morgan fingerprint density at radius 2 is 1.87 bits per heavy atom. The number of methoxy groups -OCH3 is 1. The second-order valence-electron chi connectivity index (χ2n) is 6.84. The maximum atomic E-state index is 12.9. The van der Waals surface area contributed by atoms with Gasteiger partial charge in [-0.25, -0.2) is 0 Å². The standard InChI is InChI=1S/C20H19N3O7/c1-11-9-14(12(2)21(11)8-7-17(25)30-3)16(24)10-22-19(26)13-5-4-6-15(23(28)29)18(13)20(22)27/h4-6,9H,7-8,10H2,1-3H3. The first-order valence-corrected chi connectivity index (χ1v) is 9.07. The number of aryl methyl sites for hydroxylation is 1. The van der Waals surface area contributed by atoms with Gasteiger partial charge >= 0.3 is 5.97 Å². The molecule has 0 bridgehead atoms. The van der Waals surface area contributed by atoms with Gasteiger partial charge < -0.3 is 9.30 Å². The van der Waals surface area contributed by atoms with Gasteiger partial charge in [-0.3, -0.25) is 34.2 Å². The second-order valence-corrected chi connectivity index (χ2v) is 6.84. The lowest BCUT2D eigenvalue weighted by Gasteiger charge is -2.13. The first-order chi connectivity index (χ1) is 14.2. The predicted octanol–water partition coefficient (Wildman–Crippen LogP) is 2.06. The Hall–Kier alpha value is -3.82. The number of nitro benzene ring substituents is 1. The van der Waals surface area contributed by atoms with Crippen LogP contribution >= 0.6 is 0 Å². The first kappa shape index (κ1) is 20.9. The highest BCUT2D eigenvalue weighted by molar-refractivity contribution is 6.24. The van der Waals surface area contributed by atoms with E-state index >= 15 is 0 Å². The lowest BCUT2D eigenvalue weighted by molar-refractivity contribution is -0.385. The summed E-state index contributed by atoms with van der Waals surface area (Å²) in [5.74, 6) is -2.48. The number of fused-ring (bicyclic) bond motifs is 1. The zero-order valence-corrected chi connectivity index (χ0v) is 16.6. The average molecular weight is 413 g/mol. The molecular formula is C20H19N3O7. The molecule has 0 saturated heterocycles. The number of carbonyl (C=O) groups excluding carboxylic acids is 4. The van der Waals surface area contributed by atoms with Crippen LogP contribution in [0.2, 0.25) is 0 Å². The van der Waals surface area contributed by atoms with Gasteiger partial charge in [0.2, 0.25) is 0 Å². The molecular weight excluding hydrogens is 394 g/mol. The Bertz CT molecular complexity index is 1100. The Balaban J connectivity index is 1.84. The van der Waals surface area contributed by atoms with Gasteiger partial charge in [-0.05, 0) is 26.0 Å². The molecule has 1 aliphatic heterocycles. The Morgan fingerprint density at radius 3 is 2.50 bits per heavy atom. The summed E-state index contributed by atoms with van der Waals surface area (Å²) in [5, 5.41) is 11.2. The number of ether oxygens (including phenoxy) is 1. The molecule has 0 radical (unpaired) electrons. The summed E-state index contributed by atoms with van der Waals surface area (Å²) in [4.78, 5) is 60.7. The number of rotatable bonds is 7. The number of ketones is 1. The van der Waals surface area contributed by atoms with Crippen molar-refractivity contribution in [2.45, 2.75) is 26.8 Å². The molecule has 30 heavy (non-hydrogen) atoms.